The first-order valence-electron chi connectivity index (χ1n) is 5.11. The van der Waals surface area contributed by atoms with Gasteiger partial charge in [0.15, 0.2) is 0 Å². The highest BCUT2D eigenvalue weighted by Crippen LogP contribution is 2.05. The van der Waals surface area contributed by atoms with Crippen LogP contribution in [0.3, 0.4) is 0 Å². The lowest BCUT2D eigenvalue weighted by Crippen LogP contribution is -2.46. The van der Waals surface area contributed by atoms with Gasteiger partial charge >= 0.3 is 0 Å². The molecule has 0 saturated carbocycles. The zero-order valence-corrected chi connectivity index (χ0v) is 9.30. The summed E-state index contributed by atoms with van der Waals surface area (Å²) in [7, 11) is 1.94. The number of nitrogens with zero attached hydrogens (tertiary/aromatic N) is 2. The summed E-state index contributed by atoms with van der Waals surface area (Å²) in [5, 5.41) is 9.20. The van der Waals surface area contributed by atoms with Gasteiger partial charge < -0.3 is 10.8 Å². The van der Waals surface area contributed by atoms with Crippen molar-refractivity contribution in [3.8, 4) is 0 Å². The summed E-state index contributed by atoms with van der Waals surface area (Å²) < 4.78 is 0. The van der Waals surface area contributed by atoms with Crippen molar-refractivity contribution in [2.24, 2.45) is 5.73 Å². The van der Waals surface area contributed by atoms with Crippen LogP contribution in [-0.2, 0) is 6.54 Å². The molecule has 3 N–H and O–H groups in total. The van der Waals surface area contributed by atoms with E-state index < -0.39 is 0 Å². The second-order valence-corrected chi connectivity index (χ2v) is 3.85. The van der Waals surface area contributed by atoms with Crippen molar-refractivity contribution < 1.29 is 5.11 Å². The van der Waals surface area contributed by atoms with Gasteiger partial charge in [-0.3, -0.25) is 9.88 Å². The number of hydrogen-bond acceptors (Lipinski definition) is 4. The largest absolute Gasteiger partial charge is 0.395 e. The van der Waals surface area contributed by atoms with E-state index in [4.69, 9.17) is 5.73 Å². The van der Waals surface area contributed by atoms with Crippen LogP contribution in [0.2, 0.25) is 0 Å². The number of aliphatic hydroxyl groups is 1. The first kappa shape index (κ1) is 12.1. The highest BCUT2D eigenvalue weighted by atomic mass is 16.3. The van der Waals surface area contributed by atoms with E-state index in [1.807, 2.05) is 37.1 Å². The number of nitrogens with two attached hydrogens (primary N) is 1. The summed E-state index contributed by atoms with van der Waals surface area (Å²) in [6.07, 6.45) is 1.77. The molecule has 0 bridgehead atoms. The third-order valence-electron chi connectivity index (χ3n) is 2.50. The Hall–Kier alpha value is -0.970. The molecular weight excluding hydrogens is 190 g/mol. The molecule has 1 rings (SSSR count). The van der Waals surface area contributed by atoms with Crippen LogP contribution < -0.4 is 5.73 Å². The lowest BCUT2D eigenvalue weighted by molar-refractivity contribution is 0.124. The first-order valence-corrected chi connectivity index (χ1v) is 5.11. The fraction of sp³-hybridized carbons (Fsp3) is 0.545. The Morgan fingerprint density at radius 1 is 1.53 bits per heavy atom. The Balaban J connectivity index is 2.58. The smallest absolute Gasteiger partial charge is 0.0601 e. The number of likely N-dealkylation sites (N-methyl/N-ethyl adjacent to an activating group) is 1. The van der Waals surface area contributed by atoms with E-state index in [0.29, 0.717) is 6.54 Å². The maximum absolute atomic E-state index is 9.20. The lowest BCUT2D eigenvalue weighted by atomic mass is 10.1. The van der Waals surface area contributed by atoms with Crippen molar-refractivity contribution in [2.45, 2.75) is 25.6 Å². The molecule has 84 valence electrons. The van der Waals surface area contributed by atoms with Gasteiger partial charge in [0.2, 0.25) is 0 Å². The quantitative estimate of drug-likeness (QED) is 0.728. The molecule has 0 aliphatic carbocycles. The van der Waals surface area contributed by atoms with E-state index in [1.165, 1.54) is 0 Å². The second-order valence-electron chi connectivity index (χ2n) is 3.85. The molecule has 2 unspecified atom stereocenters. The minimum Gasteiger partial charge on any atom is -0.395 e. The number of hydrogen-bond donors (Lipinski definition) is 2. The molecule has 0 aliphatic rings. The molecule has 0 aromatic carbocycles. The van der Waals surface area contributed by atoms with Crippen LogP contribution in [0.5, 0.6) is 0 Å². The minimum atomic E-state index is -0.0521. The Bertz CT molecular complexity index is 276. The molecule has 0 saturated heterocycles. The molecule has 0 radical (unpaired) electrons. The van der Waals surface area contributed by atoms with Crippen molar-refractivity contribution in [3.05, 3.63) is 30.1 Å². The Kier molecular flexibility index (Phi) is 4.68. The fourth-order valence-corrected chi connectivity index (χ4v) is 1.57. The molecule has 4 nitrogen and oxygen atoms in total. The fourth-order valence-electron chi connectivity index (χ4n) is 1.57. The average Bonchev–Trinajstić information content (AvgIpc) is 2.19. The maximum atomic E-state index is 9.20. The molecule has 1 aromatic heterocycles. The van der Waals surface area contributed by atoms with Crippen LogP contribution in [0.15, 0.2) is 24.4 Å². The van der Waals surface area contributed by atoms with Gasteiger partial charge in [-0.15, -0.1) is 0 Å². The lowest BCUT2D eigenvalue weighted by Gasteiger charge is -2.28. The van der Waals surface area contributed by atoms with E-state index >= 15 is 0 Å². The van der Waals surface area contributed by atoms with Gasteiger partial charge in [0.25, 0.3) is 0 Å². The van der Waals surface area contributed by atoms with Crippen LogP contribution in [0.25, 0.3) is 0 Å². The molecule has 2 atom stereocenters. The Morgan fingerprint density at radius 3 is 2.73 bits per heavy atom. The zero-order chi connectivity index (χ0) is 11.3. The molecule has 4 heteroatoms. The van der Waals surface area contributed by atoms with Crippen molar-refractivity contribution in [1.29, 1.82) is 0 Å². The van der Waals surface area contributed by atoms with Gasteiger partial charge in [-0.25, -0.2) is 0 Å². The van der Waals surface area contributed by atoms with Crippen molar-refractivity contribution in [2.75, 3.05) is 13.7 Å². The molecule has 1 heterocycles. The maximum Gasteiger partial charge on any atom is 0.0601 e. The highest BCUT2D eigenvalue weighted by molar-refractivity contribution is 5.03. The Labute approximate surface area is 90.7 Å². The van der Waals surface area contributed by atoms with Crippen molar-refractivity contribution in [3.63, 3.8) is 0 Å². The van der Waals surface area contributed by atoms with Gasteiger partial charge in [0.05, 0.1) is 12.3 Å². The summed E-state index contributed by atoms with van der Waals surface area (Å²) in [5.41, 5.74) is 6.76. The third kappa shape index (κ3) is 3.58. The Morgan fingerprint density at radius 2 is 2.27 bits per heavy atom. The predicted molar refractivity (Wildman–Crippen MR) is 60.2 cm³/mol. The summed E-state index contributed by atoms with van der Waals surface area (Å²) in [6.45, 7) is 2.67. The number of aromatic nitrogens is 1. The molecule has 0 aliphatic heterocycles. The zero-order valence-electron chi connectivity index (χ0n) is 9.30. The van der Waals surface area contributed by atoms with Gasteiger partial charge in [-0.1, -0.05) is 6.07 Å². The van der Waals surface area contributed by atoms with Gasteiger partial charge in [0, 0.05) is 24.8 Å². The van der Waals surface area contributed by atoms with Gasteiger partial charge in [-0.05, 0) is 26.1 Å². The van der Waals surface area contributed by atoms with E-state index in [0.717, 1.165) is 5.69 Å². The van der Waals surface area contributed by atoms with Crippen molar-refractivity contribution >= 4 is 0 Å². The minimum absolute atomic E-state index is 0.0213. The van der Waals surface area contributed by atoms with Gasteiger partial charge in [-0.2, -0.15) is 0 Å². The molecule has 0 amide bonds. The number of rotatable bonds is 5. The van der Waals surface area contributed by atoms with Crippen LogP contribution in [0, 0.1) is 0 Å². The standard InChI is InChI=1S/C11H19N3O/c1-9(12)11(8-15)14(2)7-10-5-3-4-6-13-10/h3-6,9,11,15H,7-8,12H2,1-2H3. The molecule has 0 spiro atoms. The van der Waals surface area contributed by atoms with E-state index in [2.05, 4.69) is 4.98 Å². The predicted octanol–water partition coefficient (Wildman–Crippen LogP) is 0.222. The molecule has 1 aromatic rings. The third-order valence-corrected chi connectivity index (χ3v) is 2.50. The molecule has 15 heavy (non-hydrogen) atoms. The number of aliphatic hydroxyl groups excluding tert-OH is 1. The van der Waals surface area contributed by atoms with E-state index in [-0.39, 0.29) is 18.7 Å². The SMILES string of the molecule is CC(N)C(CO)N(C)Cc1ccccn1. The van der Waals surface area contributed by atoms with Gasteiger partial charge in [0.1, 0.15) is 0 Å². The topological polar surface area (TPSA) is 62.4 Å². The second kappa shape index (κ2) is 5.80. The highest BCUT2D eigenvalue weighted by Gasteiger charge is 2.18. The molecule has 0 fully saturated rings. The van der Waals surface area contributed by atoms with Crippen molar-refractivity contribution in [1.82, 2.24) is 9.88 Å². The summed E-state index contributed by atoms with van der Waals surface area (Å²) >= 11 is 0. The summed E-state index contributed by atoms with van der Waals surface area (Å²) in [4.78, 5) is 6.25. The summed E-state index contributed by atoms with van der Waals surface area (Å²) in [6, 6.07) is 5.73. The molecular formula is C11H19N3O. The number of pyridine rings is 1. The monoisotopic (exact) mass is 209 g/mol. The van der Waals surface area contributed by atoms with E-state index in [9.17, 15) is 5.11 Å². The van der Waals surface area contributed by atoms with Crippen LogP contribution in [0.1, 0.15) is 12.6 Å². The van der Waals surface area contributed by atoms with Crippen LogP contribution in [0.4, 0.5) is 0 Å². The summed E-state index contributed by atoms with van der Waals surface area (Å²) in [5.74, 6) is 0. The van der Waals surface area contributed by atoms with E-state index in [1.54, 1.807) is 6.20 Å². The van der Waals surface area contributed by atoms with Crippen LogP contribution >= 0.6 is 0 Å². The first-order chi connectivity index (χ1) is 7.15. The average molecular weight is 209 g/mol. The van der Waals surface area contributed by atoms with Crippen LogP contribution in [-0.4, -0.2) is 40.7 Å². The normalized spacial score (nSPS) is 15.3.